The van der Waals surface area contributed by atoms with Gasteiger partial charge in [0.15, 0.2) is 11.5 Å². The Hall–Kier alpha value is -1.46. The van der Waals surface area contributed by atoms with Crippen molar-refractivity contribution < 1.29 is 14.9 Å². The summed E-state index contributed by atoms with van der Waals surface area (Å²) in [6, 6.07) is 3.55. The van der Waals surface area contributed by atoms with Crippen LogP contribution in [0.15, 0.2) is 12.1 Å². The van der Waals surface area contributed by atoms with Gasteiger partial charge in [0.05, 0.1) is 18.9 Å². The van der Waals surface area contributed by atoms with Crippen molar-refractivity contribution in [1.29, 1.82) is 0 Å². The number of hydrogen-bond acceptors (Lipinski definition) is 5. The third kappa shape index (κ3) is 3.16. The third-order valence-corrected chi connectivity index (χ3v) is 4.11. The molecule has 0 aromatic heterocycles. The van der Waals surface area contributed by atoms with Crippen LogP contribution in [0, 0.1) is 5.92 Å². The van der Waals surface area contributed by atoms with Gasteiger partial charge in [-0.3, -0.25) is 0 Å². The van der Waals surface area contributed by atoms with Gasteiger partial charge in [-0.25, -0.2) is 0 Å². The summed E-state index contributed by atoms with van der Waals surface area (Å²) in [6.07, 6.45) is 1.26. The van der Waals surface area contributed by atoms with Gasteiger partial charge >= 0.3 is 0 Å². The Morgan fingerprint density at radius 1 is 1.45 bits per heavy atom. The number of phenols is 1. The first-order chi connectivity index (χ1) is 9.55. The number of nitrogens with zero attached hydrogens (tertiary/aromatic N) is 1. The summed E-state index contributed by atoms with van der Waals surface area (Å²) in [7, 11) is 1.51. The number of phenolic OH excluding ortho intramolecular Hbond substituents is 1. The molecule has 1 aliphatic rings. The van der Waals surface area contributed by atoms with Crippen molar-refractivity contribution in [2.24, 2.45) is 5.92 Å². The summed E-state index contributed by atoms with van der Waals surface area (Å²) in [5, 5.41) is 19.9. The summed E-state index contributed by atoms with van der Waals surface area (Å²) in [6.45, 7) is 4.98. The molecule has 20 heavy (non-hydrogen) atoms. The maximum atomic E-state index is 10.2. The van der Waals surface area contributed by atoms with Crippen molar-refractivity contribution in [3.05, 3.63) is 17.7 Å². The number of aliphatic hydroxyl groups is 1. The smallest absolute Gasteiger partial charge is 0.181 e. The van der Waals surface area contributed by atoms with Crippen molar-refractivity contribution in [2.45, 2.75) is 25.9 Å². The van der Waals surface area contributed by atoms with Crippen LogP contribution in [0.2, 0.25) is 0 Å². The molecule has 112 valence electrons. The zero-order chi connectivity index (χ0) is 14.7. The Morgan fingerprint density at radius 2 is 2.20 bits per heavy atom. The Kier molecular flexibility index (Phi) is 4.73. The molecule has 1 aromatic carbocycles. The van der Waals surface area contributed by atoms with Crippen molar-refractivity contribution in [3.8, 4) is 11.5 Å². The second kappa shape index (κ2) is 6.33. The van der Waals surface area contributed by atoms with Gasteiger partial charge in [-0.05, 0) is 37.1 Å². The van der Waals surface area contributed by atoms with Crippen LogP contribution in [0.1, 0.15) is 18.9 Å². The molecule has 5 nitrogen and oxygen atoms in total. The molecule has 1 fully saturated rings. The van der Waals surface area contributed by atoms with E-state index in [-0.39, 0.29) is 17.8 Å². The van der Waals surface area contributed by atoms with Crippen molar-refractivity contribution in [2.75, 3.05) is 32.5 Å². The van der Waals surface area contributed by atoms with Gasteiger partial charge in [-0.1, -0.05) is 6.92 Å². The predicted octanol–water partition coefficient (Wildman–Crippen LogP) is 1.23. The second-order valence-electron chi connectivity index (χ2n) is 5.45. The third-order valence-electron chi connectivity index (χ3n) is 4.11. The van der Waals surface area contributed by atoms with Crippen LogP contribution in [0.3, 0.4) is 0 Å². The summed E-state index contributed by atoms with van der Waals surface area (Å²) in [5.74, 6) is 0.561. The fourth-order valence-corrected chi connectivity index (χ4v) is 2.85. The Labute approximate surface area is 120 Å². The standard InChI is InChI=1S/C15H24N2O3/c1-3-17-5-4-13(18)11(9-17)6-10-7-12(16)15(19)14(8-10)20-2/h7-8,11,13,18-19H,3-6,9,16H2,1-2H3. The highest BCUT2D eigenvalue weighted by molar-refractivity contribution is 5.61. The fraction of sp³-hybridized carbons (Fsp3) is 0.600. The molecule has 0 bridgehead atoms. The number of ether oxygens (including phenoxy) is 1. The number of likely N-dealkylation sites (tertiary alicyclic amines) is 1. The molecule has 1 aromatic rings. The molecule has 5 heteroatoms. The lowest BCUT2D eigenvalue weighted by atomic mass is 9.88. The van der Waals surface area contributed by atoms with Gasteiger partial charge in [0.2, 0.25) is 0 Å². The number of piperidine rings is 1. The summed E-state index contributed by atoms with van der Waals surface area (Å²) >= 11 is 0. The van der Waals surface area contributed by atoms with Crippen LogP contribution in [-0.2, 0) is 6.42 Å². The van der Waals surface area contributed by atoms with E-state index in [0.717, 1.165) is 38.0 Å². The van der Waals surface area contributed by atoms with E-state index in [9.17, 15) is 10.2 Å². The highest BCUT2D eigenvalue weighted by Crippen LogP contribution is 2.34. The molecule has 0 spiro atoms. The molecule has 2 unspecified atom stereocenters. The first-order valence-corrected chi connectivity index (χ1v) is 7.10. The SMILES string of the molecule is CCN1CCC(O)C(Cc2cc(N)c(O)c(OC)c2)C1. The molecule has 1 saturated heterocycles. The minimum Gasteiger partial charge on any atom is -0.503 e. The first kappa shape index (κ1) is 14.9. The van der Waals surface area contributed by atoms with Gasteiger partial charge in [-0.2, -0.15) is 0 Å². The van der Waals surface area contributed by atoms with Crippen LogP contribution in [0.5, 0.6) is 11.5 Å². The number of anilines is 1. The van der Waals surface area contributed by atoms with Gasteiger partial charge in [0, 0.05) is 19.0 Å². The van der Waals surface area contributed by atoms with E-state index >= 15 is 0 Å². The molecule has 2 rings (SSSR count). The highest BCUT2D eigenvalue weighted by atomic mass is 16.5. The average Bonchev–Trinajstić information content (AvgIpc) is 2.45. The van der Waals surface area contributed by atoms with E-state index < -0.39 is 0 Å². The molecule has 0 amide bonds. The molecule has 2 atom stereocenters. The van der Waals surface area contributed by atoms with Crippen molar-refractivity contribution in [1.82, 2.24) is 4.90 Å². The first-order valence-electron chi connectivity index (χ1n) is 7.10. The van der Waals surface area contributed by atoms with Gasteiger partial charge in [-0.15, -0.1) is 0 Å². The zero-order valence-electron chi connectivity index (χ0n) is 12.2. The lowest BCUT2D eigenvalue weighted by Gasteiger charge is -2.35. The number of rotatable bonds is 4. The lowest BCUT2D eigenvalue weighted by Crippen LogP contribution is -2.43. The maximum absolute atomic E-state index is 10.2. The normalized spacial score (nSPS) is 23.8. The highest BCUT2D eigenvalue weighted by Gasteiger charge is 2.27. The Bertz CT molecular complexity index is 465. The fourth-order valence-electron chi connectivity index (χ4n) is 2.85. The molecular formula is C15H24N2O3. The van der Waals surface area contributed by atoms with E-state index in [2.05, 4.69) is 11.8 Å². The van der Waals surface area contributed by atoms with Gasteiger partial charge in [0.25, 0.3) is 0 Å². The molecule has 4 N–H and O–H groups in total. The molecule has 1 heterocycles. The number of aliphatic hydroxyl groups excluding tert-OH is 1. The number of benzene rings is 1. The summed E-state index contributed by atoms with van der Waals surface area (Å²) in [5.41, 5.74) is 7.09. The Balaban J connectivity index is 2.14. The number of nitrogens with two attached hydrogens (primary N) is 1. The van der Waals surface area contributed by atoms with E-state index in [1.807, 2.05) is 0 Å². The largest absolute Gasteiger partial charge is 0.503 e. The van der Waals surface area contributed by atoms with E-state index in [4.69, 9.17) is 10.5 Å². The predicted molar refractivity (Wildman–Crippen MR) is 79.0 cm³/mol. The molecule has 0 radical (unpaired) electrons. The van der Waals surface area contributed by atoms with E-state index in [0.29, 0.717) is 11.4 Å². The Morgan fingerprint density at radius 3 is 2.85 bits per heavy atom. The van der Waals surface area contributed by atoms with Gasteiger partial charge in [0.1, 0.15) is 0 Å². The minimum absolute atomic E-state index is 0.0179. The van der Waals surface area contributed by atoms with Crippen LogP contribution >= 0.6 is 0 Å². The van der Waals surface area contributed by atoms with Crippen LogP contribution in [-0.4, -0.2) is 48.0 Å². The van der Waals surface area contributed by atoms with E-state index in [1.54, 1.807) is 12.1 Å². The van der Waals surface area contributed by atoms with Crippen molar-refractivity contribution in [3.63, 3.8) is 0 Å². The second-order valence-corrected chi connectivity index (χ2v) is 5.45. The number of hydrogen-bond donors (Lipinski definition) is 3. The number of methoxy groups -OCH3 is 1. The molecule has 0 saturated carbocycles. The monoisotopic (exact) mass is 280 g/mol. The molecule has 0 aliphatic carbocycles. The lowest BCUT2D eigenvalue weighted by molar-refractivity contribution is 0.0290. The summed E-state index contributed by atoms with van der Waals surface area (Å²) < 4.78 is 5.12. The number of aromatic hydroxyl groups is 1. The van der Waals surface area contributed by atoms with Crippen molar-refractivity contribution >= 4 is 5.69 Å². The quantitative estimate of drug-likeness (QED) is 0.571. The molecular weight excluding hydrogens is 256 g/mol. The number of nitrogen functional groups attached to an aromatic ring is 1. The zero-order valence-corrected chi connectivity index (χ0v) is 12.2. The topological polar surface area (TPSA) is 79.0 Å². The van der Waals surface area contributed by atoms with Crippen LogP contribution in [0.25, 0.3) is 0 Å². The van der Waals surface area contributed by atoms with Crippen LogP contribution in [0.4, 0.5) is 5.69 Å². The van der Waals surface area contributed by atoms with Crippen LogP contribution < -0.4 is 10.5 Å². The van der Waals surface area contributed by atoms with E-state index in [1.165, 1.54) is 7.11 Å². The minimum atomic E-state index is -0.279. The summed E-state index contributed by atoms with van der Waals surface area (Å²) in [4.78, 5) is 2.35. The maximum Gasteiger partial charge on any atom is 0.181 e. The molecule has 1 aliphatic heterocycles. The van der Waals surface area contributed by atoms with Gasteiger partial charge < -0.3 is 25.6 Å². The average molecular weight is 280 g/mol.